The van der Waals surface area contributed by atoms with Crippen LogP contribution in [0.1, 0.15) is 25.3 Å². The first kappa shape index (κ1) is 20.9. The molecule has 1 heterocycles. The minimum Gasteiger partial charge on any atom is -0.497 e. The van der Waals surface area contributed by atoms with Crippen molar-refractivity contribution >= 4 is 32.6 Å². The number of unbranched alkanes of at least 4 members (excludes halogenated alkanes) is 1. The molecule has 0 bridgehead atoms. The molecule has 0 saturated carbocycles. The zero-order valence-electron chi connectivity index (χ0n) is 16.4. The molecule has 2 N–H and O–H groups in total. The fraction of sp³-hybridized carbons (Fsp3) is 0.286. The Morgan fingerprint density at radius 1 is 1.17 bits per heavy atom. The van der Waals surface area contributed by atoms with Crippen LogP contribution in [-0.4, -0.2) is 28.0 Å². The molecule has 0 fully saturated rings. The molecule has 1 amide bonds. The number of ether oxygens (including phenoxy) is 1. The third kappa shape index (κ3) is 5.16. The van der Waals surface area contributed by atoms with Crippen molar-refractivity contribution in [2.24, 2.45) is 0 Å². The number of nitrogens with one attached hydrogen (secondary N) is 2. The first-order valence-electron chi connectivity index (χ1n) is 9.36. The molecule has 154 valence electrons. The molecule has 0 spiro atoms. The molecule has 0 unspecified atom stereocenters. The third-order valence-corrected chi connectivity index (χ3v) is 5.92. The van der Waals surface area contributed by atoms with E-state index in [0.29, 0.717) is 23.6 Å². The monoisotopic (exact) mass is 416 g/mol. The Kier molecular flexibility index (Phi) is 6.56. The Morgan fingerprint density at radius 2 is 2.00 bits per heavy atom. The quantitative estimate of drug-likeness (QED) is 0.518. The topological polar surface area (TPSA) is 97.6 Å². The summed E-state index contributed by atoms with van der Waals surface area (Å²) in [5, 5.41) is 3.58. The number of amides is 1. The predicted molar refractivity (Wildman–Crippen MR) is 112 cm³/mol. The number of methoxy groups -OCH3 is 1. The van der Waals surface area contributed by atoms with E-state index >= 15 is 0 Å². The number of benzene rings is 2. The van der Waals surface area contributed by atoms with Crippen molar-refractivity contribution in [3.63, 3.8) is 0 Å². The van der Waals surface area contributed by atoms with E-state index in [1.54, 1.807) is 37.6 Å². The molecule has 0 aliphatic rings. The van der Waals surface area contributed by atoms with E-state index < -0.39 is 10.0 Å². The van der Waals surface area contributed by atoms with Crippen LogP contribution in [-0.2, 0) is 21.2 Å². The van der Waals surface area contributed by atoms with Crippen LogP contribution in [0.25, 0.3) is 11.0 Å². The van der Waals surface area contributed by atoms with E-state index in [2.05, 4.69) is 10.0 Å². The van der Waals surface area contributed by atoms with Gasteiger partial charge in [-0.1, -0.05) is 19.4 Å². The van der Waals surface area contributed by atoms with Gasteiger partial charge in [0.2, 0.25) is 15.9 Å². The molecule has 0 aliphatic heterocycles. The highest BCUT2D eigenvalue weighted by Crippen LogP contribution is 2.26. The average Bonchev–Trinajstić information content (AvgIpc) is 3.10. The predicted octanol–water partition coefficient (Wildman–Crippen LogP) is 3.70. The van der Waals surface area contributed by atoms with Gasteiger partial charge < -0.3 is 14.5 Å². The number of carbonyl (C=O) groups is 1. The number of carbonyl (C=O) groups excluding carboxylic acids is 1. The van der Waals surface area contributed by atoms with Crippen molar-refractivity contribution in [1.82, 2.24) is 4.72 Å². The van der Waals surface area contributed by atoms with Crippen LogP contribution < -0.4 is 14.8 Å². The maximum Gasteiger partial charge on any atom is 0.240 e. The van der Waals surface area contributed by atoms with Gasteiger partial charge in [-0.15, -0.1) is 0 Å². The summed E-state index contributed by atoms with van der Waals surface area (Å²) in [6.07, 6.45) is 3.31. The lowest BCUT2D eigenvalue weighted by Gasteiger charge is -2.09. The largest absolute Gasteiger partial charge is 0.497 e. The average molecular weight is 416 g/mol. The van der Waals surface area contributed by atoms with Gasteiger partial charge in [-0.05, 0) is 36.8 Å². The molecule has 1 aromatic heterocycles. The van der Waals surface area contributed by atoms with E-state index in [1.165, 1.54) is 12.1 Å². The fourth-order valence-corrected chi connectivity index (χ4v) is 4.03. The van der Waals surface area contributed by atoms with Crippen molar-refractivity contribution in [1.29, 1.82) is 0 Å². The third-order valence-electron chi connectivity index (χ3n) is 4.46. The van der Waals surface area contributed by atoms with Crippen molar-refractivity contribution in [2.75, 3.05) is 19.0 Å². The normalized spacial score (nSPS) is 11.5. The van der Waals surface area contributed by atoms with Gasteiger partial charge in [0.05, 0.1) is 24.7 Å². The van der Waals surface area contributed by atoms with E-state index in [-0.39, 0.29) is 17.2 Å². The number of furan rings is 1. The van der Waals surface area contributed by atoms with Gasteiger partial charge in [-0.2, -0.15) is 0 Å². The summed E-state index contributed by atoms with van der Waals surface area (Å²) in [6, 6.07) is 11.6. The molecule has 2 aromatic carbocycles. The lowest BCUT2D eigenvalue weighted by atomic mass is 10.1. The van der Waals surface area contributed by atoms with Gasteiger partial charge in [-0.25, -0.2) is 13.1 Å². The molecule has 29 heavy (non-hydrogen) atoms. The first-order chi connectivity index (χ1) is 13.9. The first-order valence-corrected chi connectivity index (χ1v) is 10.8. The Labute approximate surface area is 170 Å². The summed E-state index contributed by atoms with van der Waals surface area (Å²) in [5.41, 5.74) is 1.80. The van der Waals surface area contributed by atoms with Crippen molar-refractivity contribution in [3.8, 4) is 5.75 Å². The highest BCUT2D eigenvalue weighted by Gasteiger charge is 2.15. The minimum atomic E-state index is -3.60. The lowest BCUT2D eigenvalue weighted by Crippen LogP contribution is -2.25. The summed E-state index contributed by atoms with van der Waals surface area (Å²) in [7, 11) is -2.03. The molecular formula is C21H24N2O5S. The van der Waals surface area contributed by atoms with Crippen LogP contribution in [0.5, 0.6) is 5.75 Å². The van der Waals surface area contributed by atoms with Crippen LogP contribution >= 0.6 is 0 Å². The minimum absolute atomic E-state index is 0.102. The molecule has 0 aliphatic carbocycles. The Hall–Kier alpha value is -2.84. The van der Waals surface area contributed by atoms with Gasteiger partial charge in [-0.3, -0.25) is 4.79 Å². The van der Waals surface area contributed by atoms with Gasteiger partial charge >= 0.3 is 0 Å². The molecule has 0 radical (unpaired) electrons. The molecule has 0 atom stereocenters. The van der Waals surface area contributed by atoms with Gasteiger partial charge in [0.1, 0.15) is 11.3 Å². The summed E-state index contributed by atoms with van der Waals surface area (Å²) in [5.74, 6) is 0.408. The summed E-state index contributed by atoms with van der Waals surface area (Å²) in [6.45, 7) is 2.37. The van der Waals surface area contributed by atoms with Crippen LogP contribution in [0.3, 0.4) is 0 Å². The molecule has 7 nitrogen and oxygen atoms in total. The molecule has 3 rings (SSSR count). The standard InChI is InChI=1S/C21H24N2O5S/c1-3-4-10-22-29(25,26)18-7-5-6-16(12-18)23-21(24)11-15-14-28-20-13-17(27-2)8-9-19(15)20/h5-9,12-14,22H,3-4,10-11H2,1-2H3,(H,23,24). The van der Waals surface area contributed by atoms with Gasteiger partial charge in [0.15, 0.2) is 0 Å². The van der Waals surface area contributed by atoms with Crippen LogP contribution in [0, 0.1) is 0 Å². The summed E-state index contributed by atoms with van der Waals surface area (Å²) >= 11 is 0. The van der Waals surface area contributed by atoms with E-state index in [9.17, 15) is 13.2 Å². The molecule has 8 heteroatoms. The van der Waals surface area contributed by atoms with E-state index in [0.717, 1.165) is 23.8 Å². The van der Waals surface area contributed by atoms with Crippen molar-refractivity contribution in [3.05, 3.63) is 54.3 Å². The second-order valence-electron chi connectivity index (χ2n) is 6.63. The Balaban J connectivity index is 1.70. The molecular weight excluding hydrogens is 392 g/mol. The highest BCUT2D eigenvalue weighted by molar-refractivity contribution is 7.89. The maximum atomic E-state index is 12.5. The molecule has 0 saturated heterocycles. The second-order valence-corrected chi connectivity index (χ2v) is 8.39. The smallest absolute Gasteiger partial charge is 0.240 e. The SMILES string of the molecule is CCCCNS(=O)(=O)c1cccc(NC(=O)Cc2coc3cc(OC)ccc23)c1. The summed E-state index contributed by atoms with van der Waals surface area (Å²) < 4.78 is 37.9. The van der Waals surface area contributed by atoms with Crippen LogP contribution in [0.2, 0.25) is 0 Å². The number of hydrogen-bond donors (Lipinski definition) is 2. The van der Waals surface area contributed by atoms with Crippen LogP contribution in [0.15, 0.2) is 58.0 Å². The van der Waals surface area contributed by atoms with Crippen molar-refractivity contribution in [2.45, 2.75) is 31.1 Å². The zero-order chi connectivity index (χ0) is 20.9. The Bertz CT molecular complexity index is 1110. The van der Waals surface area contributed by atoms with Crippen LogP contribution in [0.4, 0.5) is 5.69 Å². The number of hydrogen-bond acceptors (Lipinski definition) is 5. The number of rotatable bonds is 9. The van der Waals surface area contributed by atoms with E-state index in [4.69, 9.17) is 9.15 Å². The van der Waals surface area contributed by atoms with E-state index in [1.807, 2.05) is 13.0 Å². The number of fused-ring (bicyclic) bond motifs is 1. The highest BCUT2D eigenvalue weighted by atomic mass is 32.2. The summed E-state index contributed by atoms with van der Waals surface area (Å²) in [4.78, 5) is 12.6. The maximum absolute atomic E-state index is 12.5. The number of sulfonamides is 1. The fourth-order valence-electron chi connectivity index (χ4n) is 2.91. The van der Waals surface area contributed by atoms with Crippen molar-refractivity contribution < 1.29 is 22.4 Å². The number of anilines is 1. The zero-order valence-corrected chi connectivity index (χ0v) is 17.2. The Morgan fingerprint density at radius 3 is 2.76 bits per heavy atom. The lowest BCUT2D eigenvalue weighted by molar-refractivity contribution is -0.115. The molecule has 3 aromatic rings. The van der Waals surface area contributed by atoms with Gasteiger partial charge in [0, 0.05) is 29.2 Å². The second kappa shape index (κ2) is 9.11. The van der Waals surface area contributed by atoms with Gasteiger partial charge in [0.25, 0.3) is 0 Å².